The number of nitrogen functional groups attached to an aromatic ring is 1. The van der Waals surface area contributed by atoms with E-state index < -0.39 is 0 Å². The zero-order valence-corrected chi connectivity index (χ0v) is 9.82. The van der Waals surface area contributed by atoms with Crippen LogP contribution in [0.2, 0.25) is 0 Å². The fourth-order valence-electron chi connectivity index (χ4n) is 2.20. The summed E-state index contributed by atoms with van der Waals surface area (Å²) >= 11 is 0. The third-order valence-electron chi connectivity index (χ3n) is 3.17. The van der Waals surface area contributed by atoms with Crippen LogP contribution in [0.1, 0.15) is 41.6 Å². The largest absolute Gasteiger partial charge is 0.398 e. The van der Waals surface area contributed by atoms with Gasteiger partial charge in [-0.3, -0.25) is 9.59 Å². The molecule has 1 saturated heterocycles. The number of ketones is 1. The number of amides is 1. The normalized spacial score (nSPS) is 19.8. The Balaban J connectivity index is 2.29. The third kappa shape index (κ3) is 2.46. The predicted molar refractivity (Wildman–Crippen MR) is 65.8 cm³/mol. The first kappa shape index (κ1) is 11.6. The van der Waals surface area contributed by atoms with Crippen molar-refractivity contribution < 1.29 is 9.59 Å². The van der Waals surface area contributed by atoms with Crippen LogP contribution in [0.25, 0.3) is 0 Å². The number of nitrogens with two attached hydrogens (primary N) is 1. The molecular formula is C13H16N2O2. The summed E-state index contributed by atoms with van der Waals surface area (Å²) in [6.45, 7) is 2.20. The summed E-state index contributed by atoms with van der Waals surface area (Å²) in [5, 5.41) is 2.80. The lowest BCUT2D eigenvalue weighted by molar-refractivity contribution is -0.122. The number of rotatable bonds is 2. The highest BCUT2D eigenvalue weighted by Gasteiger charge is 2.21. The third-order valence-corrected chi connectivity index (χ3v) is 3.17. The summed E-state index contributed by atoms with van der Waals surface area (Å²) in [5.74, 6) is 0.231. The Morgan fingerprint density at radius 1 is 1.47 bits per heavy atom. The summed E-state index contributed by atoms with van der Waals surface area (Å²) in [4.78, 5) is 22.7. The van der Waals surface area contributed by atoms with E-state index in [9.17, 15) is 9.59 Å². The molecule has 2 rings (SSSR count). The van der Waals surface area contributed by atoms with Gasteiger partial charge in [0.1, 0.15) is 0 Å². The number of piperidine rings is 1. The molecule has 3 N–H and O–H groups in total. The van der Waals surface area contributed by atoms with Gasteiger partial charge in [-0.2, -0.15) is 0 Å². The minimum Gasteiger partial charge on any atom is -0.398 e. The van der Waals surface area contributed by atoms with Gasteiger partial charge in [0.25, 0.3) is 0 Å². The second-order valence-corrected chi connectivity index (χ2v) is 4.44. The highest BCUT2D eigenvalue weighted by Crippen LogP contribution is 2.28. The van der Waals surface area contributed by atoms with Gasteiger partial charge in [0, 0.05) is 24.2 Å². The van der Waals surface area contributed by atoms with Crippen molar-refractivity contribution in [3.63, 3.8) is 0 Å². The van der Waals surface area contributed by atoms with Gasteiger partial charge in [0.15, 0.2) is 5.78 Å². The molecule has 90 valence electrons. The van der Waals surface area contributed by atoms with Crippen LogP contribution in [0.5, 0.6) is 0 Å². The summed E-state index contributed by atoms with van der Waals surface area (Å²) in [7, 11) is 0. The molecule has 1 aliphatic rings. The van der Waals surface area contributed by atoms with Crippen LogP contribution in [-0.2, 0) is 4.79 Å². The van der Waals surface area contributed by atoms with Gasteiger partial charge in [-0.05, 0) is 37.0 Å². The van der Waals surface area contributed by atoms with E-state index >= 15 is 0 Å². The molecule has 0 bridgehead atoms. The van der Waals surface area contributed by atoms with Gasteiger partial charge in [-0.1, -0.05) is 6.07 Å². The van der Waals surface area contributed by atoms with E-state index in [0.717, 1.165) is 12.0 Å². The van der Waals surface area contributed by atoms with Crippen LogP contribution in [0.4, 0.5) is 5.69 Å². The number of nitrogens with one attached hydrogen (secondary N) is 1. The minimum absolute atomic E-state index is 0.0374. The number of Topliss-reactive ketones (excluding diaryl/α,β-unsaturated/α-hetero) is 1. The average Bonchev–Trinajstić information content (AvgIpc) is 2.29. The summed E-state index contributed by atoms with van der Waals surface area (Å²) < 4.78 is 0. The molecule has 1 atom stereocenters. The molecule has 1 amide bonds. The number of anilines is 1. The van der Waals surface area contributed by atoms with E-state index in [4.69, 9.17) is 5.73 Å². The smallest absolute Gasteiger partial charge is 0.220 e. The number of hydrogen-bond donors (Lipinski definition) is 2. The topological polar surface area (TPSA) is 72.2 Å². The van der Waals surface area contributed by atoms with Gasteiger partial charge in [-0.25, -0.2) is 0 Å². The molecule has 0 aromatic heterocycles. The minimum atomic E-state index is -0.0374. The fourth-order valence-corrected chi connectivity index (χ4v) is 2.20. The van der Waals surface area contributed by atoms with E-state index in [-0.39, 0.29) is 17.6 Å². The standard InChI is InChI=1S/C13H16N2O2/c1-8(16)11-6-9(2-3-12(11)14)10-4-5-15-13(17)7-10/h2-3,6,10H,4-5,7,14H2,1H3,(H,15,17)/t10-/m0/s1. The van der Waals surface area contributed by atoms with Crippen molar-refractivity contribution in [2.75, 3.05) is 12.3 Å². The highest BCUT2D eigenvalue weighted by atomic mass is 16.1. The lowest BCUT2D eigenvalue weighted by atomic mass is 9.88. The molecule has 4 nitrogen and oxygen atoms in total. The van der Waals surface area contributed by atoms with Gasteiger partial charge in [-0.15, -0.1) is 0 Å². The molecule has 17 heavy (non-hydrogen) atoms. The van der Waals surface area contributed by atoms with Crippen molar-refractivity contribution in [3.05, 3.63) is 29.3 Å². The summed E-state index contributed by atoms with van der Waals surface area (Å²) in [6, 6.07) is 5.48. The van der Waals surface area contributed by atoms with Crippen molar-refractivity contribution in [2.45, 2.75) is 25.7 Å². The van der Waals surface area contributed by atoms with Crippen molar-refractivity contribution >= 4 is 17.4 Å². The second kappa shape index (κ2) is 4.57. The Labute approximate surface area is 100 Å². The van der Waals surface area contributed by atoms with Crippen LogP contribution < -0.4 is 11.1 Å². The Kier molecular flexibility index (Phi) is 3.13. The van der Waals surface area contributed by atoms with E-state index in [1.165, 1.54) is 6.92 Å². The summed E-state index contributed by atoms with van der Waals surface area (Å²) in [5.41, 5.74) is 7.83. The van der Waals surface area contributed by atoms with Crippen molar-refractivity contribution in [3.8, 4) is 0 Å². The molecule has 4 heteroatoms. The maximum Gasteiger partial charge on any atom is 0.220 e. The average molecular weight is 232 g/mol. The van der Waals surface area contributed by atoms with Gasteiger partial charge < -0.3 is 11.1 Å². The zero-order valence-electron chi connectivity index (χ0n) is 9.82. The first-order valence-corrected chi connectivity index (χ1v) is 5.75. The van der Waals surface area contributed by atoms with Gasteiger partial charge >= 0.3 is 0 Å². The van der Waals surface area contributed by atoms with Crippen LogP contribution in [-0.4, -0.2) is 18.2 Å². The molecule has 1 heterocycles. The molecule has 1 fully saturated rings. The van der Waals surface area contributed by atoms with E-state index in [1.54, 1.807) is 6.07 Å². The number of carbonyl (C=O) groups excluding carboxylic acids is 2. The molecule has 1 aromatic rings. The quantitative estimate of drug-likeness (QED) is 0.599. The fraction of sp³-hybridized carbons (Fsp3) is 0.385. The second-order valence-electron chi connectivity index (χ2n) is 4.44. The lowest BCUT2D eigenvalue weighted by Gasteiger charge is -2.23. The molecular weight excluding hydrogens is 216 g/mol. The van der Waals surface area contributed by atoms with E-state index in [0.29, 0.717) is 24.2 Å². The molecule has 0 aliphatic carbocycles. The van der Waals surface area contributed by atoms with Gasteiger partial charge in [0.05, 0.1) is 0 Å². The first-order valence-electron chi connectivity index (χ1n) is 5.75. The maximum absolute atomic E-state index is 11.4. The molecule has 0 radical (unpaired) electrons. The molecule has 1 aromatic carbocycles. The van der Waals surface area contributed by atoms with E-state index in [2.05, 4.69) is 5.32 Å². The first-order chi connectivity index (χ1) is 8.08. The molecule has 1 aliphatic heterocycles. The Morgan fingerprint density at radius 3 is 2.88 bits per heavy atom. The highest BCUT2D eigenvalue weighted by molar-refractivity contribution is 5.99. The van der Waals surface area contributed by atoms with Crippen molar-refractivity contribution in [1.82, 2.24) is 5.32 Å². The molecule has 0 saturated carbocycles. The van der Waals surface area contributed by atoms with E-state index in [1.807, 2.05) is 12.1 Å². The predicted octanol–water partition coefficient (Wildman–Crippen LogP) is 1.47. The monoisotopic (exact) mass is 232 g/mol. The Hall–Kier alpha value is -1.84. The Morgan fingerprint density at radius 2 is 2.24 bits per heavy atom. The lowest BCUT2D eigenvalue weighted by Crippen LogP contribution is -2.32. The maximum atomic E-state index is 11.4. The molecule has 0 spiro atoms. The zero-order chi connectivity index (χ0) is 12.4. The SMILES string of the molecule is CC(=O)c1cc([C@H]2CCNC(=O)C2)ccc1N. The van der Waals surface area contributed by atoms with Crippen LogP contribution >= 0.6 is 0 Å². The molecule has 0 unspecified atom stereocenters. The number of carbonyl (C=O) groups is 2. The van der Waals surface area contributed by atoms with Gasteiger partial charge in [0.2, 0.25) is 5.91 Å². The van der Waals surface area contributed by atoms with Crippen LogP contribution in [0, 0.1) is 0 Å². The number of benzene rings is 1. The van der Waals surface area contributed by atoms with Crippen molar-refractivity contribution in [2.24, 2.45) is 0 Å². The van der Waals surface area contributed by atoms with Crippen LogP contribution in [0.15, 0.2) is 18.2 Å². The number of hydrogen-bond acceptors (Lipinski definition) is 3. The summed E-state index contributed by atoms with van der Waals surface area (Å²) in [6.07, 6.45) is 1.40. The van der Waals surface area contributed by atoms with Crippen molar-refractivity contribution in [1.29, 1.82) is 0 Å². The van der Waals surface area contributed by atoms with Crippen LogP contribution in [0.3, 0.4) is 0 Å². The Bertz CT molecular complexity index is 468.